The normalized spacial score (nSPS) is 22.2. The van der Waals surface area contributed by atoms with Gasteiger partial charge in [0, 0.05) is 22.7 Å². The van der Waals surface area contributed by atoms with Crippen molar-refractivity contribution < 1.29 is 10.3 Å². The summed E-state index contributed by atoms with van der Waals surface area (Å²) in [5.74, 6) is 0.410. The van der Waals surface area contributed by atoms with Gasteiger partial charge in [-0.15, -0.1) is 0 Å². The molecule has 0 bridgehead atoms. The zero-order chi connectivity index (χ0) is 18.5. The molecule has 138 valence electrons. The molecule has 0 amide bonds. The fraction of sp³-hybridized carbons (Fsp3) is 0.409. The smallest absolute Gasteiger partial charge is 0.0611 e. The van der Waals surface area contributed by atoms with Gasteiger partial charge >= 0.3 is 0 Å². The maximum absolute atomic E-state index is 9.77. The summed E-state index contributed by atoms with van der Waals surface area (Å²) < 4.78 is 1.06. The minimum absolute atomic E-state index is 0.155. The minimum Gasteiger partial charge on any atom is -0.411 e. The van der Waals surface area contributed by atoms with Crippen molar-refractivity contribution in [3.05, 3.63) is 69.7 Å². The van der Waals surface area contributed by atoms with E-state index < -0.39 is 0 Å². The SMILES string of the molecule is Cc1ccccc1C(CC(=NO)[C@H]1CC[C@H](O)CC1)c1ccc(Br)cc1. The third-order valence-electron chi connectivity index (χ3n) is 5.55. The third kappa shape index (κ3) is 4.54. The summed E-state index contributed by atoms with van der Waals surface area (Å²) in [6.07, 6.45) is 3.85. The first-order valence-electron chi connectivity index (χ1n) is 9.28. The van der Waals surface area contributed by atoms with E-state index in [-0.39, 0.29) is 17.9 Å². The van der Waals surface area contributed by atoms with E-state index in [1.807, 2.05) is 0 Å². The summed E-state index contributed by atoms with van der Waals surface area (Å²) in [7, 11) is 0. The first-order chi connectivity index (χ1) is 12.6. The second-order valence-electron chi connectivity index (χ2n) is 7.26. The molecule has 0 aromatic heterocycles. The molecule has 26 heavy (non-hydrogen) atoms. The monoisotopic (exact) mass is 415 g/mol. The number of aliphatic hydroxyl groups is 1. The Morgan fingerprint density at radius 3 is 2.35 bits per heavy atom. The van der Waals surface area contributed by atoms with Crippen molar-refractivity contribution in [2.75, 3.05) is 0 Å². The van der Waals surface area contributed by atoms with Crippen molar-refractivity contribution in [2.45, 2.75) is 51.0 Å². The summed E-state index contributed by atoms with van der Waals surface area (Å²) in [5, 5.41) is 23.2. The molecule has 0 saturated heterocycles. The zero-order valence-corrected chi connectivity index (χ0v) is 16.7. The van der Waals surface area contributed by atoms with Crippen molar-refractivity contribution >= 4 is 21.6 Å². The van der Waals surface area contributed by atoms with Crippen LogP contribution in [0.3, 0.4) is 0 Å². The number of halogens is 1. The average Bonchev–Trinajstić information content (AvgIpc) is 2.66. The Morgan fingerprint density at radius 1 is 1.08 bits per heavy atom. The molecule has 1 aliphatic carbocycles. The fourth-order valence-electron chi connectivity index (χ4n) is 3.99. The quantitative estimate of drug-likeness (QED) is 0.375. The van der Waals surface area contributed by atoms with E-state index in [0.29, 0.717) is 6.42 Å². The van der Waals surface area contributed by atoms with Crippen LogP contribution in [0.15, 0.2) is 58.2 Å². The molecule has 0 spiro atoms. The van der Waals surface area contributed by atoms with Crippen LogP contribution in [0.4, 0.5) is 0 Å². The van der Waals surface area contributed by atoms with Gasteiger partial charge in [-0.3, -0.25) is 0 Å². The summed E-state index contributed by atoms with van der Waals surface area (Å²) in [5.41, 5.74) is 4.59. The molecule has 1 saturated carbocycles. The van der Waals surface area contributed by atoms with E-state index in [1.54, 1.807) is 0 Å². The Morgan fingerprint density at radius 2 is 1.73 bits per heavy atom. The van der Waals surface area contributed by atoms with Gasteiger partial charge in [0.2, 0.25) is 0 Å². The molecule has 2 aromatic carbocycles. The summed E-state index contributed by atoms with van der Waals surface area (Å²) in [4.78, 5) is 0. The number of aryl methyl sites for hydroxylation is 1. The van der Waals surface area contributed by atoms with E-state index in [1.165, 1.54) is 16.7 Å². The molecule has 1 aliphatic rings. The van der Waals surface area contributed by atoms with E-state index in [4.69, 9.17) is 0 Å². The van der Waals surface area contributed by atoms with Gasteiger partial charge in [-0.25, -0.2) is 0 Å². The maximum atomic E-state index is 9.77. The highest BCUT2D eigenvalue weighted by molar-refractivity contribution is 9.10. The molecular weight excluding hydrogens is 390 g/mol. The molecule has 3 nitrogen and oxygen atoms in total. The molecular formula is C22H26BrNO2. The van der Waals surface area contributed by atoms with Gasteiger partial charge in [0.15, 0.2) is 0 Å². The topological polar surface area (TPSA) is 52.8 Å². The van der Waals surface area contributed by atoms with Crippen LogP contribution in [0.1, 0.15) is 54.7 Å². The Kier molecular flexibility index (Phi) is 6.49. The van der Waals surface area contributed by atoms with Crippen molar-refractivity contribution in [1.82, 2.24) is 0 Å². The standard InChI is InChI=1S/C22H26BrNO2/c1-15-4-2-3-5-20(15)21(16-6-10-18(23)11-7-16)14-22(24-26)17-8-12-19(25)13-9-17/h2-7,10-11,17,19,21,25-26H,8-9,12-14H2,1H3/t17-,19-,21?. The third-order valence-corrected chi connectivity index (χ3v) is 6.07. The molecule has 1 atom stereocenters. The van der Waals surface area contributed by atoms with Crippen LogP contribution in [-0.4, -0.2) is 22.1 Å². The number of nitrogens with zero attached hydrogens (tertiary/aromatic N) is 1. The van der Waals surface area contributed by atoms with Crippen LogP contribution in [0, 0.1) is 12.8 Å². The second kappa shape index (κ2) is 8.83. The number of aliphatic hydroxyl groups excluding tert-OH is 1. The number of hydrogen-bond acceptors (Lipinski definition) is 3. The van der Waals surface area contributed by atoms with Crippen molar-refractivity contribution in [3.8, 4) is 0 Å². The molecule has 3 rings (SSSR count). The Hall–Kier alpha value is -1.65. The molecule has 0 aliphatic heterocycles. The van der Waals surface area contributed by atoms with Crippen molar-refractivity contribution in [2.24, 2.45) is 11.1 Å². The van der Waals surface area contributed by atoms with E-state index in [2.05, 4.69) is 76.5 Å². The van der Waals surface area contributed by atoms with Gasteiger partial charge in [0.25, 0.3) is 0 Å². The summed E-state index contributed by atoms with van der Waals surface area (Å²) in [6, 6.07) is 16.8. The minimum atomic E-state index is -0.204. The van der Waals surface area contributed by atoms with Gasteiger partial charge < -0.3 is 10.3 Å². The lowest BCUT2D eigenvalue weighted by Crippen LogP contribution is -2.26. The van der Waals surface area contributed by atoms with Crippen LogP contribution >= 0.6 is 15.9 Å². The highest BCUT2D eigenvalue weighted by atomic mass is 79.9. The number of hydrogen-bond donors (Lipinski definition) is 2. The number of rotatable bonds is 5. The molecule has 4 heteroatoms. The molecule has 1 fully saturated rings. The van der Waals surface area contributed by atoms with Gasteiger partial charge in [-0.05, 0) is 61.4 Å². The van der Waals surface area contributed by atoms with E-state index in [0.717, 1.165) is 35.9 Å². The molecule has 0 radical (unpaired) electrons. The zero-order valence-electron chi connectivity index (χ0n) is 15.1. The number of oxime groups is 1. The molecule has 0 heterocycles. The fourth-order valence-corrected chi connectivity index (χ4v) is 4.25. The number of benzene rings is 2. The van der Waals surface area contributed by atoms with Crippen LogP contribution in [0.5, 0.6) is 0 Å². The van der Waals surface area contributed by atoms with Crippen molar-refractivity contribution in [1.29, 1.82) is 0 Å². The van der Waals surface area contributed by atoms with Crippen LogP contribution in [0.2, 0.25) is 0 Å². The lowest BCUT2D eigenvalue weighted by atomic mass is 9.78. The maximum Gasteiger partial charge on any atom is 0.0611 e. The lowest BCUT2D eigenvalue weighted by molar-refractivity contribution is 0.120. The Bertz CT molecular complexity index is 749. The summed E-state index contributed by atoms with van der Waals surface area (Å²) in [6.45, 7) is 2.13. The summed E-state index contributed by atoms with van der Waals surface area (Å²) >= 11 is 3.51. The van der Waals surface area contributed by atoms with Gasteiger partial charge in [-0.2, -0.15) is 0 Å². The second-order valence-corrected chi connectivity index (χ2v) is 8.18. The highest BCUT2D eigenvalue weighted by Crippen LogP contribution is 2.35. The van der Waals surface area contributed by atoms with Gasteiger partial charge in [0.1, 0.15) is 0 Å². The predicted molar refractivity (Wildman–Crippen MR) is 109 cm³/mol. The van der Waals surface area contributed by atoms with Gasteiger partial charge in [0.05, 0.1) is 11.8 Å². The highest BCUT2D eigenvalue weighted by Gasteiger charge is 2.27. The van der Waals surface area contributed by atoms with Crippen molar-refractivity contribution in [3.63, 3.8) is 0 Å². The molecule has 2 aromatic rings. The average molecular weight is 416 g/mol. The van der Waals surface area contributed by atoms with Crippen LogP contribution in [0.25, 0.3) is 0 Å². The van der Waals surface area contributed by atoms with E-state index in [9.17, 15) is 10.3 Å². The molecule has 2 N–H and O–H groups in total. The Balaban J connectivity index is 1.90. The first-order valence-corrected chi connectivity index (χ1v) is 10.1. The Labute approximate surface area is 163 Å². The first kappa shape index (κ1) is 19.1. The van der Waals surface area contributed by atoms with E-state index >= 15 is 0 Å². The largest absolute Gasteiger partial charge is 0.411 e. The molecule has 1 unspecified atom stereocenters. The lowest BCUT2D eigenvalue weighted by Gasteiger charge is -2.28. The van der Waals surface area contributed by atoms with Gasteiger partial charge in [-0.1, -0.05) is 57.5 Å². The van der Waals surface area contributed by atoms with Crippen LogP contribution < -0.4 is 0 Å². The van der Waals surface area contributed by atoms with Crippen LogP contribution in [-0.2, 0) is 0 Å². The predicted octanol–water partition coefficient (Wildman–Crippen LogP) is 5.66.